The predicted molar refractivity (Wildman–Crippen MR) is 95.7 cm³/mol. The van der Waals surface area contributed by atoms with Crippen molar-refractivity contribution in [3.8, 4) is 11.8 Å². The fourth-order valence-corrected chi connectivity index (χ4v) is 4.33. The number of thiophene rings is 1. The van der Waals surface area contributed by atoms with Crippen molar-refractivity contribution in [3.63, 3.8) is 0 Å². The lowest BCUT2D eigenvalue weighted by Crippen LogP contribution is -2.36. The third-order valence-electron chi connectivity index (χ3n) is 4.36. The van der Waals surface area contributed by atoms with Crippen LogP contribution in [0.3, 0.4) is 0 Å². The number of hydrogen-bond donors (Lipinski definition) is 1. The fraction of sp³-hybridized carbons (Fsp3) is 0.500. The highest BCUT2D eigenvalue weighted by Gasteiger charge is 2.19. The summed E-state index contributed by atoms with van der Waals surface area (Å²) in [6, 6.07) is 2.66. The number of aromatic nitrogens is 1. The van der Waals surface area contributed by atoms with E-state index in [1.54, 1.807) is 11.3 Å². The maximum Gasteiger partial charge on any atom is 0.144 e. The zero-order chi connectivity index (χ0) is 15.5. The molecular weight excluding hydrogens is 290 g/mol. The van der Waals surface area contributed by atoms with Crippen molar-refractivity contribution in [2.45, 2.75) is 39.2 Å². The van der Waals surface area contributed by atoms with Crippen LogP contribution in [0, 0.1) is 11.8 Å². The van der Waals surface area contributed by atoms with Crippen LogP contribution in [0.5, 0.6) is 0 Å². The molecule has 0 amide bonds. The summed E-state index contributed by atoms with van der Waals surface area (Å²) in [6.07, 6.45) is 5.31. The topological polar surface area (TPSA) is 28.2 Å². The first-order valence-electron chi connectivity index (χ1n) is 8.01. The van der Waals surface area contributed by atoms with E-state index >= 15 is 0 Å². The van der Waals surface area contributed by atoms with Gasteiger partial charge >= 0.3 is 0 Å². The Bertz CT molecular complexity index is 715. The average molecular weight is 313 g/mol. The maximum absolute atomic E-state index is 4.61. The molecule has 4 heteroatoms. The lowest BCUT2D eigenvalue weighted by Gasteiger charge is -2.29. The lowest BCUT2D eigenvalue weighted by atomic mass is 10.1. The van der Waals surface area contributed by atoms with E-state index in [0.717, 1.165) is 25.3 Å². The minimum atomic E-state index is 0.530. The molecule has 1 fully saturated rings. The quantitative estimate of drug-likeness (QED) is 0.875. The van der Waals surface area contributed by atoms with Gasteiger partial charge in [-0.2, -0.15) is 0 Å². The molecule has 0 radical (unpaired) electrons. The summed E-state index contributed by atoms with van der Waals surface area (Å²) in [4.78, 5) is 8.19. The first-order valence-corrected chi connectivity index (χ1v) is 8.82. The Balaban J connectivity index is 1.94. The average Bonchev–Trinajstić information content (AvgIpc) is 2.88. The number of anilines is 1. The molecule has 0 aromatic carbocycles. The van der Waals surface area contributed by atoms with Crippen molar-refractivity contribution in [2.75, 3.05) is 25.5 Å². The number of rotatable bonds is 3. The summed E-state index contributed by atoms with van der Waals surface area (Å²) in [5, 5.41) is 4.99. The van der Waals surface area contributed by atoms with Gasteiger partial charge in [0.25, 0.3) is 0 Å². The van der Waals surface area contributed by atoms with E-state index in [1.807, 2.05) is 13.1 Å². The molecule has 0 atom stereocenters. The van der Waals surface area contributed by atoms with Crippen molar-refractivity contribution in [3.05, 3.63) is 22.7 Å². The Labute approximate surface area is 136 Å². The van der Waals surface area contributed by atoms with E-state index in [1.165, 1.54) is 33.4 Å². The van der Waals surface area contributed by atoms with Crippen LogP contribution in [-0.4, -0.2) is 36.1 Å². The van der Waals surface area contributed by atoms with Gasteiger partial charge in [0.2, 0.25) is 0 Å². The largest absolute Gasteiger partial charge is 0.366 e. The molecule has 0 bridgehead atoms. The zero-order valence-electron chi connectivity index (χ0n) is 13.6. The van der Waals surface area contributed by atoms with E-state index in [4.69, 9.17) is 0 Å². The van der Waals surface area contributed by atoms with Crippen LogP contribution in [-0.2, 0) is 6.42 Å². The smallest absolute Gasteiger partial charge is 0.144 e. The number of nitrogens with one attached hydrogen (secondary N) is 1. The zero-order valence-corrected chi connectivity index (χ0v) is 14.4. The van der Waals surface area contributed by atoms with Crippen LogP contribution >= 0.6 is 11.3 Å². The number of aryl methyl sites for hydroxylation is 1. The molecule has 0 aliphatic carbocycles. The van der Waals surface area contributed by atoms with Gasteiger partial charge in [0.05, 0.1) is 9.58 Å². The van der Waals surface area contributed by atoms with Crippen molar-refractivity contribution < 1.29 is 0 Å². The molecular formula is C18H23N3S. The van der Waals surface area contributed by atoms with Crippen molar-refractivity contribution >= 4 is 27.2 Å². The monoisotopic (exact) mass is 313 g/mol. The molecule has 3 heterocycles. The summed E-state index contributed by atoms with van der Waals surface area (Å²) < 4.78 is 1.26. The van der Waals surface area contributed by atoms with Crippen LogP contribution in [0.15, 0.2) is 12.3 Å². The van der Waals surface area contributed by atoms with E-state index in [0.29, 0.717) is 6.04 Å². The van der Waals surface area contributed by atoms with Gasteiger partial charge in [-0.3, -0.25) is 0 Å². The molecule has 0 spiro atoms. The Morgan fingerprint density at radius 3 is 2.86 bits per heavy atom. The van der Waals surface area contributed by atoms with E-state index < -0.39 is 0 Å². The second-order valence-corrected chi connectivity index (χ2v) is 6.92. The van der Waals surface area contributed by atoms with Gasteiger partial charge in [0, 0.05) is 17.6 Å². The number of nitrogens with zero attached hydrogens (tertiary/aromatic N) is 2. The van der Waals surface area contributed by atoms with E-state index in [9.17, 15) is 0 Å². The van der Waals surface area contributed by atoms with Crippen LogP contribution in [0.4, 0.5) is 5.82 Å². The van der Waals surface area contributed by atoms with Crippen molar-refractivity contribution in [2.24, 2.45) is 0 Å². The Morgan fingerprint density at radius 2 is 2.18 bits per heavy atom. The Hall–Kier alpha value is -1.57. The molecule has 0 unspecified atom stereocenters. The second kappa shape index (κ2) is 6.68. The van der Waals surface area contributed by atoms with Crippen LogP contribution in [0.25, 0.3) is 10.1 Å². The van der Waals surface area contributed by atoms with Crippen molar-refractivity contribution in [1.29, 1.82) is 0 Å². The number of hydrogen-bond acceptors (Lipinski definition) is 4. The molecule has 3 nitrogen and oxygen atoms in total. The molecule has 1 aliphatic rings. The number of pyridine rings is 1. The van der Waals surface area contributed by atoms with Gasteiger partial charge in [-0.1, -0.05) is 12.8 Å². The maximum atomic E-state index is 4.61. The van der Waals surface area contributed by atoms with Gasteiger partial charge < -0.3 is 10.2 Å². The predicted octanol–water partition coefficient (Wildman–Crippen LogP) is 3.74. The fourth-order valence-electron chi connectivity index (χ4n) is 3.09. The van der Waals surface area contributed by atoms with Crippen LogP contribution < -0.4 is 5.32 Å². The molecule has 1 aliphatic heterocycles. The van der Waals surface area contributed by atoms with Gasteiger partial charge in [0.15, 0.2) is 0 Å². The summed E-state index contributed by atoms with van der Waals surface area (Å²) in [5.41, 5.74) is 1.36. The Morgan fingerprint density at radius 1 is 1.41 bits per heavy atom. The molecule has 1 N–H and O–H groups in total. The molecule has 1 saturated heterocycles. The van der Waals surface area contributed by atoms with Crippen LogP contribution in [0.2, 0.25) is 0 Å². The second-order valence-electron chi connectivity index (χ2n) is 5.90. The number of fused-ring (bicyclic) bond motifs is 1. The number of likely N-dealkylation sites (tertiary alicyclic amines) is 1. The third kappa shape index (κ3) is 2.97. The third-order valence-corrected chi connectivity index (χ3v) is 5.53. The molecule has 2 aromatic rings. The van der Waals surface area contributed by atoms with Gasteiger partial charge in [-0.25, -0.2) is 4.98 Å². The minimum Gasteiger partial charge on any atom is -0.366 e. The highest BCUT2D eigenvalue weighted by atomic mass is 32.1. The summed E-state index contributed by atoms with van der Waals surface area (Å²) in [5.74, 6) is 7.34. The molecule has 0 saturated carbocycles. The first-order chi connectivity index (χ1) is 10.7. The Kier molecular flexibility index (Phi) is 4.66. The standard InChI is InChI=1S/C18H23N3S/c1-4-6-16-14(5-2)15-7-10-19-18(17(15)22-16)20-13-8-11-21(3)12-9-13/h7,10,13H,5,8-9,11-12H2,1-3H3,(H,19,20). The normalized spacial score (nSPS) is 16.5. The van der Waals surface area contributed by atoms with Gasteiger partial charge in [-0.15, -0.1) is 17.3 Å². The van der Waals surface area contributed by atoms with Crippen molar-refractivity contribution in [1.82, 2.24) is 9.88 Å². The van der Waals surface area contributed by atoms with Crippen LogP contribution in [0.1, 0.15) is 37.1 Å². The van der Waals surface area contributed by atoms with Gasteiger partial charge in [0.1, 0.15) is 5.82 Å². The molecule has 116 valence electrons. The summed E-state index contributed by atoms with van der Waals surface area (Å²) >= 11 is 1.78. The molecule has 2 aromatic heterocycles. The SMILES string of the molecule is CC#Cc1sc2c(NC3CCN(C)CC3)nccc2c1CC. The molecule has 22 heavy (non-hydrogen) atoms. The minimum absolute atomic E-state index is 0.530. The first kappa shape index (κ1) is 15.3. The van der Waals surface area contributed by atoms with E-state index in [2.05, 4.69) is 47.1 Å². The summed E-state index contributed by atoms with van der Waals surface area (Å²) in [7, 11) is 2.19. The lowest BCUT2D eigenvalue weighted by molar-refractivity contribution is 0.264. The molecule has 3 rings (SSSR count). The van der Waals surface area contributed by atoms with Gasteiger partial charge in [-0.05, 0) is 58.0 Å². The highest BCUT2D eigenvalue weighted by Crippen LogP contribution is 2.35. The highest BCUT2D eigenvalue weighted by molar-refractivity contribution is 7.20. The van der Waals surface area contributed by atoms with E-state index in [-0.39, 0.29) is 0 Å². The number of piperidine rings is 1. The summed E-state index contributed by atoms with van der Waals surface area (Å²) in [6.45, 7) is 6.42.